The first-order valence-electron chi connectivity index (χ1n) is 8.86. The number of benzene rings is 2. The molecule has 0 fully saturated rings. The molecule has 152 valence electrons. The molecule has 0 aliphatic carbocycles. The molecule has 0 saturated carbocycles. The fraction of sp³-hybridized carbons (Fsp3) is 0.238. The average Bonchev–Trinajstić information content (AvgIpc) is 2.97. The maximum absolute atomic E-state index is 13.3. The molecular weight excluding hydrogens is 396 g/mol. The third kappa shape index (κ3) is 3.79. The molecule has 2 aromatic carbocycles. The van der Waals surface area contributed by atoms with E-state index in [9.17, 15) is 14.7 Å². The number of carbonyl (C=O) groups excluding carboxylic acids is 2. The molecule has 1 N–H and O–H groups in total. The summed E-state index contributed by atoms with van der Waals surface area (Å²) in [7, 11) is 4.66. The summed E-state index contributed by atoms with van der Waals surface area (Å²) in [5.74, 6) is -0.0315. The van der Waals surface area contributed by atoms with Gasteiger partial charge >= 0.3 is 0 Å². The van der Waals surface area contributed by atoms with Crippen molar-refractivity contribution in [1.82, 2.24) is 4.90 Å². The second kappa shape index (κ2) is 8.55. The monoisotopic (exact) mass is 416 g/mol. The Balaban J connectivity index is 2.16. The molecule has 0 saturated heterocycles. The van der Waals surface area contributed by atoms with Gasteiger partial charge in [-0.15, -0.1) is 0 Å². The highest BCUT2D eigenvalue weighted by atomic mass is 35.5. The largest absolute Gasteiger partial charge is 0.493 e. The van der Waals surface area contributed by atoms with Crippen LogP contribution in [0.3, 0.4) is 0 Å². The van der Waals surface area contributed by atoms with Crippen molar-refractivity contribution >= 4 is 34.7 Å². The van der Waals surface area contributed by atoms with E-state index < -0.39 is 11.8 Å². The van der Waals surface area contributed by atoms with Crippen molar-refractivity contribution in [2.45, 2.75) is 0 Å². The van der Waals surface area contributed by atoms with Crippen LogP contribution < -0.4 is 14.4 Å². The number of likely N-dealkylation sites (N-methyl/N-ethyl adjacent to an activating group) is 1. The van der Waals surface area contributed by atoms with Gasteiger partial charge < -0.3 is 19.5 Å². The number of anilines is 1. The molecule has 2 aromatic rings. The van der Waals surface area contributed by atoms with E-state index in [0.29, 0.717) is 27.8 Å². The van der Waals surface area contributed by atoms with Crippen LogP contribution in [0.1, 0.15) is 5.56 Å². The third-order valence-corrected chi connectivity index (χ3v) is 4.85. The highest BCUT2D eigenvalue weighted by molar-refractivity contribution is 6.45. The number of methoxy groups -OCH3 is 2. The van der Waals surface area contributed by atoms with Gasteiger partial charge in [0.25, 0.3) is 11.8 Å². The molecule has 3 rings (SSSR count). The Morgan fingerprint density at radius 3 is 2.38 bits per heavy atom. The number of ether oxygens (including phenoxy) is 2. The van der Waals surface area contributed by atoms with Crippen LogP contribution in [0.25, 0.3) is 5.57 Å². The van der Waals surface area contributed by atoms with E-state index in [-0.39, 0.29) is 24.4 Å². The van der Waals surface area contributed by atoms with Crippen molar-refractivity contribution < 1.29 is 24.2 Å². The normalized spacial score (nSPS) is 13.9. The smallest absolute Gasteiger partial charge is 0.282 e. The summed E-state index contributed by atoms with van der Waals surface area (Å²) in [5.41, 5.74) is 1.28. The van der Waals surface area contributed by atoms with Crippen LogP contribution in [-0.2, 0) is 9.59 Å². The van der Waals surface area contributed by atoms with Gasteiger partial charge in [0.15, 0.2) is 11.5 Å². The van der Waals surface area contributed by atoms with Crippen LogP contribution >= 0.6 is 11.6 Å². The zero-order chi connectivity index (χ0) is 21.1. The summed E-state index contributed by atoms with van der Waals surface area (Å²) in [6.45, 7) is 0.0202. The van der Waals surface area contributed by atoms with E-state index in [1.807, 2.05) is 0 Å². The van der Waals surface area contributed by atoms with E-state index >= 15 is 0 Å². The Morgan fingerprint density at radius 2 is 1.76 bits per heavy atom. The first kappa shape index (κ1) is 20.7. The highest BCUT2D eigenvalue weighted by Crippen LogP contribution is 2.38. The van der Waals surface area contributed by atoms with Gasteiger partial charge in [-0.05, 0) is 35.9 Å². The quantitative estimate of drug-likeness (QED) is 0.699. The standard InChI is InChI=1S/C21H21ClN2O5/c1-23(9-10-25)19-18(13-7-8-16(28-2)17(11-13)29-3)20(26)24(21(19)27)15-6-4-5-14(22)12-15/h4-8,11-12,25H,9-10H2,1-3H3. The lowest BCUT2D eigenvalue weighted by Crippen LogP contribution is -2.34. The van der Waals surface area contributed by atoms with Crippen LogP contribution in [0.5, 0.6) is 11.5 Å². The summed E-state index contributed by atoms with van der Waals surface area (Å²) < 4.78 is 10.6. The SMILES string of the molecule is COc1ccc(C2=C(N(C)CCO)C(=O)N(c3cccc(Cl)c3)C2=O)cc1OC. The van der Waals surface area contributed by atoms with Gasteiger partial charge in [0, 0.05) is 18.6 Å². The predicted molar refractivity (Wildman–Crippen MR) is 110 cm³/mol. The van der Waals surface area contributed by atoms with E-state index in [2.05, 4.69) is 0 Å². The molecule has 1 aliphatic rings. The number of rotatable bonds is 7. The van der Waals surface area contributed by atoms with Gasteiger partial charge in [0.1, 0.15) is 5.70 Å². The van der Waals surface area contributed by atoms with Crippen molar-refractivity contribution in [2.75, 3.05) is 39.3 Å². The predicted octanol–water partition coefficient (Wildman–Crippen LogP) is 2.57. The highest BCUT2D eigenvalue weighted by Gasteiger charge is 2.42. The Hall–Kier alpha value is -3.03. The van der Waals surface area contributed by atoms with Gasteiger partial charge in [-0.3, -0.25) is 9.59 Å². The van der Waals surface area contributed by atoms with Crippen molar-refractivity contribution in [1.29, 1.82) is 0 Å². The Morgan fingerprint density at radius 1 is 1.03 bits per heavy atom. The molecule has 0 atom stereocenters. The van der Waals surface area contributed by atoms with Gasteiger partial charge in [-0.1, -0.05) is 23.7 Å². The Kier molecular flexibility index (Phi) is 6.10. The number of nitrogens with zero attached hydrogens (tertiary/aromatic N) is 2. The Labute approximate surface area is 173 Å². The fourth-order valence-corrected chi connectivity index (χ4v) is 3.42. The van der Waals surface area contributed by atoms with Gasteiger partial charge in [0.2, 0.25) is 0 Å². The third-order valence-electron chi connectivity index (χ3n) is 4.62. The van der Waals surface area contributed by atoms with Crippen molar-refractivity contribution in [3.05, 3.63) is 58.7 Å². The summed E-state index contributed by atoms with van der Waals surface area (Å²) in [5, 5.41) is 9.76. The molecule has 0 radical (unpaired) electrons. The first-order chi connectivity index (χ1) is 13.9. The first-order valence-corrected chi connectivity index (χ1v) is 9.23. The number of amides is 2. The van der Waals surface area contributed by atoms with E-state index in [1.54, 1.807) is 54.4 Å². The van der Waals surface area contributed by atoms with Crippen molar-refractivity contribution in [2.24, 2.45) is 0 Å². The molecule has 1 aliphatic heterocycles. The fourth-order valence-electron chi connectivity index (χ4n) is 3.24. The van der Waals surface area contributed by atoms with Crippen LogP contribution in [0.4, 0.5) is 5.69 Å². The van der Waals surface area contributed by atoms with Gasteiger partial charge in [-0.25, -0.2) is 4.90 Å². The lowest BCUT2D eigenvalue weighted by atomic mass is 10.0. The van der Waals surface area contributed by atoms with Crippen LogP contribution in [0, 0.1) is 0 Å². The molecule has 0 unspecified atom stereocenters. The number of hydrogen-bond donors (Lipinski definition) is 1. The van der Waals surface area contributed by atoms with Crippen molar-refractivity contribution in [3.8, 4) is 11.5 Å². The number of carbonyl (C=O) groups is 2. The molecule has 0 spiro atoms. The summed E-state index contributed by atoms with van der Waals surface area (Å²) in [4.78, 5) is 29.2. The summed E-state index contributed by atoms with van der Waals surface area (Å²) in [6, 6.07) is 11.5. The molecular formula is C21H21ClN2O5. The summed E-state index contributed by atoms with van der Waals surface area (Å²) >= 11 is 6.06. The zero-order valence-electron chi connectivity index (χ0n) is 16.3. The van der Waals surface area contributed by atoms with Crippen LogP contribution in [-0.4, -0.2) is 56.2 Å². The molecule has 2 amide bonds. The zero-order valence-corrected chi connectivity index (χ0v) is 17.1. The van der Waals surface area contributed by atoms with Crippen LogP contribution in [0.15, 0.2) is 48.2 Å². The molecule has 1 heterocycles. The minimum atomic E-state index is -0.488. The van der Waals surface area contributed by atoms with Gasteiger partial charge in [0.05, 0.1) is 32.1 Å². The second-order valence-corrected chi connectivity index (χ2v) is 6.80. The lowest BCUT2D eigenvalue weighted by Gasteiger charge is -2.20. The molecule has 7 nitrogen and oxygen atoms in total. The molecule has 0 aromatic heterocycles. The number of hydrogen-bond acceptors (Lipinski definition) is 6. The average molecular weight is 417 g/mol. The minimum Gasteiger partial charge on any atom is -0.493 e. The second-order valence-electron chi connectivity index (χ2n) is 6.36. The molecule has 0 bridgehead atoms. The number of halogens is 1. The van der Waals surface area contributed by atoms with Gasteiger partial charge in [-0.2, -0.15) is 0 Å². The van der Waals surface area contributed by atoms with Crippen LogP contribution in [0.2, 0.25) is 5.02 Å². The number of aliphatic hydroxyl groups is 1. The Bertz CT molecular complexity index is 989. The number of aliphatic hydroxyl groups excluding tert-OH is 1. The van der Waals surface area contributed by atoms with E-state index in [0.717, 1.165) is 4.90 Å². The topological polar surface area (TPSA) is 79.3 Å². The van der Waals surface area contributed by atoms with E-state index in [1.165, 1.54) is 14.2 Å². The molecule has 8 heteroatoms. The minimum absolute atomic E-state index is 0.169. The maximum atomic E-state index is 13.3. The lowest BCUT2D eigenvalue weighted by molar-refractivity contribution is -0.120. The number of imide groups is 1. The van der Waals surface area contributed by atoms with Crippen molar-refractivity contribution in [3.63, 3.8) is 0 Å². The maximum Gasteiger partial charge on any atom is 0.282 e. The van der Waals surface area contributed by atoms with E-state index in [4.69, 9.17) is 21.1 Å². The summed E-state index contributed by atoms with van der Waals surface area (Å²) in [6.07, 6.45) is 0. The molecule has 29 heavy (non-hydrogen) atoms.